The van der Waals surface area contributed by atoms with Crippen LogP contribution in [0.5, 0.6) is 5.75 Å². The molecule has 2 aromatic carbocycles. The van der Waals surface area contributed by atoms with Gasteiger partial charge in [-0.3, -0.25) is 25.8 Å². The molecule has 0 heterocycles. The lowest BCUT2D eigenvalue weighted by Crippen LogP contribution is -2.48. The van der Waals surface area contributed by atoms with Crippen molar-refractivity contribution >= 4 is 51.7 Å². The molecule has 8 heteroatoms. The van der Waals surface area contributed by atoms with Gasteiger partial charge >= 0.3 is 0 Å². The van der Waals surface area contributed by atoms with Crippen molar-refractivity contribution in [3.8, 4) is 5.75 Å². The Kier molecular flexibility index (Phi) is 10.0. The Balaban J connectivity index is 1.76. The minimum absolute atomic E-state index is 0.0102. The standard InChI is InChI=1S/C22H26IN3O3S/c1-3-4-5-6-13-29-18-11-9-16(10-12-18)21(28)25-26-22(30)24-20(27)17-8-7-15(2)19(23)14-17/h7-12,14H,3-6,13H2,1-2H3,(H,25,28)(H2,24,26,27,30). The second kappa shape index (κ2) is 12.5. The van der Waals surface area contributed by atoms with Crippen molar-refractivity contribution in [2.24, 2.45) is 0 Å². The second-order valence-corrected chi connectivity index (χ2v) is 8.33. The molecule has 3 N–H and O–H groups in total. The highest BCUT2D eigenvalue weighted by Gasteiger charge is 2.11. The van der Waals surface area contributed by atoms with Gasteiger partial charge in [0.1, 0.15) is 5.75 Å². The number of unbranched alkanes of at least 4 members (excludes halogenated alkanes) is 3. The molecule has 0 aliphatic heterocycles. The fourth-order valence-electron chi connectivity index (χ4n) is 2.55. The summed E-state index contributed by atoms with van der Waals surface area (Å²) in [6.07, 6.45) is 4.57. The lowest BCUT2D eigenvalue weighted by atomic mass is 10.1. The van der Waals surface area contributed by atoms with E-state index < -0.39 is 0 Å². The van der Waals surface area contributed by atoms with Gasteiger partial charge in [-0.1, -0.05) is 32.3 Å². The predicted octanol–water partition coefficient (Wildman–Crippen LogP) is 4.51. The Morgan fingerprint density at radius 3 is 2.33 bits per heavy atom. The number of ether oxygens (including phenoxy) is 1. The molecule has 0 radical (unpaired) electrons. The van der Waals surface area contributed by atoms with Crippen molar-refractivity contribution in [2.75, 3.05) is 6.61 Å². The molecule has 0 bridgehead atoms. The topological polar surface area (TPSA) is 79.5 Å². The first-order valence-corrected chi connectivity index (χ1v) is 11.3. The Labute approximate surface area is 196 Å². The van der Waals surface area contributed by atoms with E-state index >= 15 is 0 Å². The molecule has 6 nitrogen and oxygen atoms in total. The Hall–Kier alpha value is -2.20. The molecule has 0 unspecified atom stereocenters. The number of aryl methyl sites for hydroxylation is 1. The zero-order valence-electron chi connectivity index (χ0n) is 17.1. The minimum atomic E-state index is -0.369. The number of benzene rings is 2. The molecule has 0 aromatic heterocycles. The van der Waals surface area contributed by atoms with Crippen LogP contribution in [0.2, 0.25) is 0 Å². The summed E-state index contributed by atoms with van der Waals surface area (Å²) in [6.45, 7) is 4.81. The first-order chi connectivity index (χ1) is 14.4. The number of amides is 2. The lowest BCUT2D eigenvalue weighted by Gasteiger charge is -2.12. The largest absolute Gasteiger partial charge is 0.494 e. The van der Waals surface area contributed by atoms with Gasteiger partial charge in [0.25, 0.3) is 11.8 Å². The summed E-state index contributed by atoms with van der Waals surface area (Å²) in [7, 11) is 0. The van der Waals surface area contributed by atoms with Crippen molar-refractivity contribution < 1.29 is 14.3 Å². The van der Waals surface area contributed by atoms with Gasteiger partial charge in [0.05, 0.1) is 6.61 Å². The van der Waals surface area contributed by atoms with Crippen molar-refractivity contribution in [1.29, 1.82) is 0 Å². The zero-order valence-corrected chi connectivity index (χ0v) is 20.1. The molecule has 0 atom stereocenters. The monoisotopic (exact) mass is 539 g/mol. The van der Waals surface area contributed by atoms with Crippen LogP contribution in [0.1, 0.15) is 58.9 Å². The molecular weight excluding hydrogens is 513 g/mol. The van der Waals surface area contributed by atoms with Crippen LogP contribution in [-0.4, -0.2) is 23.5 Å². The number of thiocarbonyl (C=S) groups is 1. The number of carbonyl (C=O) groups excluding carboxylic acids is 2. The van der Waals surface area contributed by atoms with Crippen LogP contribution in [0.15, 0.2) is 42.5 Å². The highest BCUT2D eigenvalue weighted by Crippen LogP contribution is 2.14. The van der Waals surface area contributed by atoms with Gasteiger partial charge in [-0.25, -0.2) is 0 Å². The normalized spacial score (nSPS) is 10.2. The van der Waals surface area contributed by atoms with Crippen LogP contribution in [0.4, 0.5) is 0 Å². The molecule has 0 fully saturated rings. The quantitative estimate of drug-likeness (QED) is 0.199. The third kappa shape index (κ3) is 7.91. The Morgan fingerprint density at radius 1 is 0.967 bits per heavy atom. The van der Waals surface area contributed by atoms with Crippen LogP contribution < -0.4 is 20.9 Å². The summed E-state index contributed by atoms with van der Waals surface area (Å²) >= 11 is 7.25. The van der Waals surface area contributed by atoms with Gasteiger partial charge in [-0.15, -0.1) is 0 Å². The van der Waals surface area contributed by atoms with Gasteiger partial charge < -0.3 is 4.74 Å². The predicted molar refractivity (Wildman–Crippen MR) is 131 cm³/mol. The molecule has 160 valence electrons. The van der Waals surface area contributed by atoms with E-state index in [2.05, 4.69) is 45.7 Å². The molecule has 0 saturated carbocycles. The number of hydrogen-bond acceptors (Lipinski definition) is 4. The second-order valence-electron chi connectivity index (χ2n) is 6.76. The van der Waals surface area contributed by atoms with E-state index in [1.165, 1.54) is 12.8 Å². The van der Waals surface area contributed by atoms with Gasteiger partial charge in [0.2, 0.25) is 0 Å². The number of rotatable bonds is 8. The first-order valence-electron chi connectivity index (χ1n) is 9.81. The highest BCUT2D eigenvalue weighted by atomic mass is 127. The maximum atomic E-state index is 12.2. The first kappa shape index (κ1) is 24.1. The van der Waals surface area contributed by atoms with Crippen molar-refractivity contribution in [1.82, 2.24) is 16.2 Å². The molecule has 0 aliphatic rings. The number of nitrogens with one attached hydrogen (secondary N) is 3. The molecule has 30 heavy (non-hydrogen) atoms. The summed E-state index contributed by atoms with van der Waals surface area (Å²) in [6, 6.07) is 12.2. The lowest BCUT2D eigenvalue weighted by molar-refractivity contribution is 0.0934. The van der Waals surface area contributed by atoms with Crippen molar-refractivity contribution in [3.05, 3.63) is 62.7 Å². The number of halogens is 1. The maximum Gasteiger partial charge on any atom is 0.269 e. The zero-order chi connectivity index (χ0) is 21.9. The summed E-state index contributed by atoms with van der Waals surface area (Å²) < 4.78 is 6.66. The summed E-state index contributed by atoms with van der Waals surface area (Å²) in [5.74, 6) is 0.0117. The number of hydrazine groups is 1. The molecule has 2 amide bonds. The number of carbonyl (C=O) groups is 2. The van der Waals surface area contributed by atoms with Crippen LogP contribution in [0.3, 0.4) is 0 Å². The van der Waals surface area contributed by atoms with Crippen LogP contribution >= 0.6 is 34.8 Å². The van der Waals surface area contributed by atoms with Crippen LogP contribution in [-0.2, 0) is 0 Å². The van der Waals surface area contributed by atoms with E-state index in [1.54, 1.807) is 36.4 Å². The SMILES string of the molecule is CCCCCCOc1ccc(C(=O)NNC(=S)NC(=O)c2ccc(C)c(I)c2)cc1. The molecular formula is C22H26IN3O3S. The van der Waals surface area contributed by atoms with Gasteiger partial charge in [-0.2, -0.15) is 0 Å². The van der Waals surface area contributed by atoms with Crippen molar-refractivity contribution in [3.63, 3.8) is 0 Å². The molecule has 2 rings (SSSR count). The summed E-state index contributed by atoms with van der Waals surface area (Å²) in [5, 5.41) is 2.55. The molecule has 0 spiro atoms. The smallest absolute Gasteiger partial charge is 0.269 e. The Bertz CT molecular complexity index is 888. The molecule has 0 saturated heterocycles. The fourth-order valence-corrected chi connectivity index (χ4v) is 3.21. The highest BCUT2D eigenvalue weighted by molar-refractivity contribution is 14.1. The van der Waals surface area contributed by atoms with E-state index in [4.69, 9.17) is 17.0 Å². The van der Waals surface area contributed by atoms with E-state index in [0.29, 0.717) is 17.7 Å². The van der Waals surface area contributed by atoms with Crippen LogP contribution in [0.25, 0.3) is 0 Å². The van der Waals surface area contributed by atoms with Gasteiger partial charge in [0.15, 0.2) is 5.11 Å². The van der Waals surface area contributed by atoms with E-state index in [-0.39, 0.29) is 16.9 Å². The van der Waals surface area contributed by atoms with Gasteiger partial charge in [0, 0.05) is 14.7 Å². The van der Waals surface area contributed by atoms with Crippen LogP contribution in [0, 0.1) is 10.5 Å². The maximum absolute atomic E-state index is 12.2. The Morgan fingerprint density at radius 2 is 1.67 bits per heavy atom. The summed E-state index contributed by atoms with van der Waals surface area (Å²) in [4.78, 5) is 24.5. The van der Waals surface area contributed by atoms with E-state index in [1.807, 2.05) is 13.0 Å². The average molecular weight is 539 g/mol. The summed E-state index contributed by atoms with van der Waals surface area (Å²) in [5.41, 5.74) is 7.05. The molecule has 2 aromatic rings. The van der Waals surface area contributed by atoms with E-state index in [9.17, 15) is 9.59 Å². The fraction of sp³-hybridized carbons (Fsp3) is 0.318. The third-order valence-electron chi connectivity index (χ3n) is 4.33. The van der Waals surface area contributed by atoms with Gasteiger partial charge in [-0.05, 0) is 90.1 Å². The third-order valence-corrected chi connectivity index (χ3v) is 5.70. The number of hydrogen-bond donors (Lipinski definition) is 3. The van der Waals surface area contributed by atoms with Crippen molar-refractivity contribution in [2.45, 2.75) is 39.5 Å². The minimum Gasteiger partial charge on any atom is -0.494 e. The molecule has 0 aliphatic carbocycles. The van der Waals surface area contributed by atoms with E-state index in [0.717, 1.165) is 27.7 Å². The average Bonchev–Trinajstić information content (AvgIpc) is 2.74.